The molecule has 0 unspecified atom stereocenters. The third-order valence-corrected chi connectivity index (χ3v) is 2.64. The minimum Gasteiger partial charge on any atom is -0.468 e. The van der Waals surface area contributed by atoms with Crippen LogP contribution in [-0.4, -0.2) is 74.6 Å². The van der Waals surface area contributed by atoms with E-state index in [0.717, 1.165) is 0 Å². The smallest absolute Gasteiger partial charge is 0.319 e. The topological polar surface area (TPSA) is 76.2 Å². The highest BCUT2D eigenvalue weighted by molar-refractivity contribution is 5.81. The molecule has 0 saturated carbocycles. The van der Waals surface area contributed by atoms with Crippen LogP contribution in [0.3, 0.4) is 0 Å². The Kier molecular flexibility index (Phi) is 8.52. The summed E-state index contributed by atoms with van der Waals surface area (Å²) in [6.07, 6.45) is 0. The summed E-state index contributed by atoms with van der Waals surface area (Å²) in [6.45, 7) is 4.63. The zero-order chi connectivity index (χ0) is 14.8. The summed E-state index contributed by atoms with van der Waals surface area (Å²) >= 11 is 0. The van der Waals surface area contributed by atoms with E-state index in [9.17, 15) is 14.4 Å². The van der Waals surface area contributed by atoms with Crippen LogP contribution in [0.2, 0.25) is 0 Å². The third kappa shape index (κ3) is 6.76. The molecule has 0 heterocycles. The molecule has 7 heteroatoms. The Bertz CT molecular complexity index is 297. The maximum absolute atomic E-state index is 11.9. The van der Waals surface area contributed by atoms with E-state index in [4.69, 9.17) is 0 Å². The average molecular weight is 274 g/mol. The lowest BCUT2D eigenvalue weighted by Gasteiger charge is -2.24. The van der Waals surface area contributed by atoms with Crippen molar-refractivity contribution in [3.05, 3.63) is 0 Å². The van der Waals surface area contributed by atoms with Gasteiger partial charge in [0.25, 0.3) is 0 Å². The second-order valence-corrected chi connectivity index (χ2v) is 3.86. The van der Waals surface area contributed by atoms with Crippen molar-refractivity contribution < 1.29 is 23.9 Å². The summed E-state index contributed by atoms with van der Waals surface area (Å²) in [5, 5.41) is 0. The maximum Gasteiger partial charge on any atom is 0.319 e. The molecular weight excluding hydrogens is 252 g/mol. The van der Waals surface area contributed by atoms with Crippen LogP contribution in [0.25, 0.3) is 0 Å². The van der Waals surface area contributed by atoms with Crippen LogP contribution >= 0.6 is 0 Å². The normalized spacial score (nSPS) is 10.2. The average Bonchev–Trinajstić information content (AvgIpc) is 2.39. The van der Waals surface area contributed by atoms with Gasteiger partial charge in [0.1, 0.15) is 0 Å². The molecule has 0 radical (unpaired) electrons. The summed E-state index contributed by atoms with van der Waals surface area (Å²) in [5.74, 6) is -1.15. The van der Waals surface area contributed by atoms with Crippen molar-refractivity contribution in [2.45, 2.75) is 13.8 Å². The van der Waals surface area contributed by atoms with E-state index in [0.29, 0.717) is 13.1 Å². The second kappa shape index (κ2) is 9.32. The monoisotopic (exact) mass is 274 g/mol. The van der Waals surface area contributed by atoms with Crippen molar-refractivity contribution in [3.8, 4) is 0 Å². The highest BCUT2D eigenvalue weighted by atomic mass is 16.5. The summed E-state index contributed by atoms with van der Waals surface area (Å²) in [7, 11) is 2.51. The molecule has 0 saturated heterocycles. The van der Waals surface area contributed by atoms with Crippen molar-refractivity contribution in [3.63, 3.8) is 0 Å². The molecule has 0 atom stereocenters. The van der Waals surface area contributed by atoms with Crippen LogP contribution in [0.1, 0.15) is 13.8 Å². The number of hydrogen-bond donors (Lipinski definition) is 0. The Morgan fingerprint density at radius 2 is 1.26 bits per heavy atom. The van der Waals surface area contributed by atoms with Crippen LogP contribution in [0.5, 0.6) is 0 Å². The Morgan fingerprint density at radius 1 is 0.842 bits per heavy atom. The van der Waals surface area contributed by atoms with Crippen LogP contribution in [0.4, 0.5) is 0 Å². The minimum absolute atomic E-state index is 0.0219. The summed E-state index contributed by atoms with van der Waals surface area (Å²) < 4.78 is 9.07. The van der Waals surface area contributed by atoms with Gasteiger partial charge in [-0.1, -0.05) is 0 Å². The van der Waals surface area contributed by atoms with Crippen molar-refractivity contribution in [1.82, 2.24) is 9.80 Å². The molecule has 0 spiro atoms. The first-order chi connectivity index (χ1) is 8.98. The van der Waals surface area contributed by atoms with E-state index in [1.807, 2.05) is 13.8 Å². The molecule has 0 aliphatic heterocycles. The zero-order valence-electron chi connectivity index (χ0n) is 12.0. The Balaban J connectivity index is 4.60. The molecule has 1 amide bonds. The lowest BCUT2D eigenvalue weighted by molar-refractivity contribution is -0.146. The van der Waals surface area contributed by atoms with Gasteiger partial charge in [-0.3, -0.25) is 19.3 Å². The fraction of sp³-hybridized carbons (Fsp3) is 0.750. The molecule has 0 aromatic heterocycles. The second-order valence-electron chi connectivity index (χ2n) is 3.86. The van der Waals surface area contributed by atoms with Gasteiger partial charge in [0.05, 0.1) is 33.9 Å². The van der Waals surface area contributed by atoms with Gasteiger partial charge in [-0.15, -0.1) is 0 Å². The standard InChI is InChI=1S/C12H22N2O5/c1-5-14(6-2)10(15)7-13(8-11(16)18-3)9-12(17)19-4/h5-9H2,1-4H3. The lowest BCUT2D eigenvalue weighted by Crippen LogP contribution is -2.44. The third-order valence-electron chi connectivity index (χ3n) is 2.64. The van der Waals surface area contributed by atoms with Gasteiger partial charge < -0.3 is 14.4 Å². The van der Waals surface area contributed by atoms with Gasteiger partial charge in [0.2, 0.25) is 5.91 Å². The fourth-order valence-electron chi connectivity index (χ4n) is 1.53. The highest BCUT2D eigenvalue weighted by Crippen LogP contribution is 1.96. The molecular formula is C12H22N2O5. The van der Waals surface area contributed by atoms with Crippen molar-refractivity contribution >= 4 is 17.8 Å². The number of carbonyl (C=O) groups excluding carboxylic acids is 3. The van der Waals surface area contributed by atoms with E-state index in [-0.39, 0.29) is 25.5 Å². The predicted molar refractivity (Wildman–Crippen MR) is 68.4 cm³/mol. The van der Waals surface area contributed by atoms with Crippen molar-refractivity contribution in [2.24, 2.45) is 0 Å². The van der Waals surface area contributed by atoms with E-state index in [1.165, 1.54) is 19.1 Å². The molecule has 19 heavy (non-hydrogen) atoms. The molecule has 0 aliphatic carbocycles. The Morgan fingerprint density at radius 3 is 1.58 bits per heavy atom. The molecule has 0 rings (SSSR count). The van der Waals surface area contributed by atoms with Gasteiger partial charge in [-0.05, 0) is 13.8 Å². The lowest BCUT2D eigenvalue weighted by atomic mass is 10.4. The number of carbonyl (C=O) groups is 3. The molecule has 0 aromatic rings. The largest absolute Gasteiger partial charge is 0.468 e. The SMILES string of the molecule is CCN(CC)C(=O)CN(CC(=O)OC)CC(=O)OC. The quantitative estimate of drug-likeness (QED) is 0.556. The molecule has 110 valence electrons. The van der Waals surface area contributed by atoms with Crippen LogP contribution in [-0.2, 0) is 23.9 Å². The van der Waals surface area contributed by atoms with E-state index < -0.39 is 11.9 Å². The van der Waals surface area contributed by atoms with Crippen LogP contribution in [0, 0.1) is 0 Å². The first-order valence-electron chi connectivity index (χ1n) is 6.12. The summed E-state index contributed by atoms with van der Waals surface area (Å²) in [4.78, 5) is 37.4. The minimum atomic E-state index is -0.503. The Hall–Kier alpha value is -1.63. The number of methoxy groups -OCH3 is 2. The van der Waals surface area contributed by atoms with Crippen molar-refractivity contribution in [2.75, 3.05) is 46.9 Å². The molecule has 0 bridgehead atoms. The van der Waals surface area contributed by atoms with E-state index in [1.54, 1.807) is 4.90 Å². The summed E-state index contributed by atoms with van der Waals surface area (Å²) in [6, 6.07) is 0. The van der Waals surface area contributed by atoms with E-state index >= 15 is 0 Å². The number of nitrogens with zero attached hydrogens (tertiary/aromatic N) is 2. The Labute approximate surface area is 113 Å². The molecule has 0 aliphatic rings. The molecule has 0 fully saturated rings. The van der Waals surface area contributed by atoms with Gasteiger partial charge >= 0.3 is 11.9 Å². The highest BCUT2D eigenvalue weighted by Gasteiger charge is 2.20. The first kappa shape index (κ1) is 17.4. The number of rotatable bonds is 8. The number of likely N-dealkylation sites (N-methyl/N-ethyl adjacent to an activating group) is 1. The first-order valence-corrected chi connectivity index (χ1v) is 6.12. The number of esters is 2. The maximum atomic E-state index is 11.9. The number of ether oxygens (including phenoxy) is 2. The number of hydrogen-bond acceptors (Lipinski definition) is 6. The molecule has 0 N–H and O–H groups in total. The number of amides is 1. The van der Waals surface area contributed by atoms with Gasteiger partial charge in [-0.25, -0.2) is 0 Å². The van der Waals surface area contributed by atoms with Crippen molar-refractivity contribution in [1.29, 1.82) is 0 Å². The van der Waals surface area contributed by atoms with Gasteiger partial charge in [-0.2, -0.15) is 0 Å². The van der Waals surface area contributed by atoms with Crippen LogP contribution < -0.4 is 0 Å². The van der Waals surface area contributed by atoms with Gasteiger partial charge in [0.15, 0.2) is 0 Å². The zero-order valence-corrected chi connectivity index (χ0v) is 12.0. The van der Waals surface area contributed by atoms with Crippen LogP contribution in [0.15, 0.2) is 0 Å². The molecule has 7 nitrogen and oxygen atoms in total. The summed E-state index contributed by atoms with van der Waals surface area (Å²) in [5.41, 5.74) is 0. The predicted octanol–water partition coefficient (Wildman–Crippen LogP) is -0.497. The fourth-order valence-corrected chi connectivity index (χ4v) is 1.53. The van der Waals surface area contributed by atoms with Gasteiger partial charge in [0, 0.05) is 13.1 Å². The van der Waals surface area contributed by atoms with E-state index in [2.05, 4.69) is 9.47 Å². The molecule has 0 aromatic carbocycles.